The third-order valence-electron chi connectivity index (χ3n) is 10.9. The van der Waals surface area contributed by atoms with Crippen LogP contribution in [0, 0.1) is 0 Å². The summed E-state index contributed by atoms with van der Waals surface area (Å²) in [7, 11) is 0. The summed E-state index contributed by atoms with van der Waals surface area (Å²) in [6.07, 6.45) is 0. The van der Waals surface area contributed by atoms with Crippen molar-refractivity contribution >= 4 is 71.7 Å². The summed E-state index contributed by atoms with van der Waals surface area (Å²) in [5.41, 5.74) is 13.7. The van der Waals surface area contributed by atoms with Crippen molar-refractivity contribution in [3.05, 3.63) is 200 Å². The first-order chi connectivity index (χ1) is 27.2. The van der Waals surface area contributed by atoms with Gasteiger partial charge in [0.05, 0.1) is 0 Å². The zero-order valence-electron chi connectivity index (χ0n) is 29.8. The highest BCUT2D eigenvalue weighted by atomic mass is 16.3. The number of nitrogens with zero attached hydrogens (tertiary/aromatic N) is 1. The van der Waals surface area contributed by atoms with Gasteiger partial charge in [0.15, 0.2) is 0 Å². The van der Waals surface area contributed by atoms with E-state index in [2.05, 4.69) is 181 Å². The van der Waals surface area contributed by atoms with Crippen molar-refractivity contribution in [2.75, 3.05) is 4.90 Å². The van der Waals surface area contributed by atoms with Crippen LogP contribution < -0.4 is 4.90 Å². The van der Waals surface area contributed by atoms with Crippen LogP contribution in [-0.4, -0.2) is 0 Å². The smallest absolute Gasteiger partial charge is 0.143 e. The van der Waals surface area contributed by atoms with E-state index in [1.807, 2.05) is 24.3 Å². The molecule has 0 atom stereocenters. The van der Waals surface area contributed by atoms with Gasteiger partial charge in [0.1, 0.15) is 22.3 Å². The molecule has 2 heterocycles. The Morgan fingerprint density at radius 3 is 1.47 bits per heavy atom. The van der Waals surface area contributed by atoms with Crippen molar-refractivity contribution < 1.29 is 8.83 Å². The predicted octanol–water partition coefficient (Wildman–Crippen LogP) is 15.1. The van der Waals surface area contributed by atoms with Crippen LogP contribution in [0.5, 0.6) is 0 Å². The summed E-state index contributed by atoms with van der Waals surface area (Å²) < 4.78 is 12.5. The zero-order valence-corrected chi connectivity index (χ0v) is 29.8. The topological polar surface area (TPSA) is 29.5 Å². The van der Waals surface area contributed by atoms with Crippen LogP contribution >= 0.6 is 0 Å². The van der Waals surface area contributed by atoms with Gasteiger partial charge >= 0.3 is 0 Å². The third kappa shape index (κ3) is 5.36. The number of hydrogen-bond donors (Lipinski definition) is 0. The fraction of sp³-hybridized carbons (Fsp3) is 0. The number of anilines is 3. The highest BCUT2D eigenvalue weighted by Crippen LogP contribution is 2.41. The van der Waals surface area contributed by atoms with Gasteiger partial charge in [-0.3, -0.25) is 0 Å². The van der Waals surface area contributed by atoms with Crippen LogP contribution in [0.3, 0.4) is 0 Å². The van der Waals surface area contributed by atoms with Gasteiger partial charge in [-0.25, -0.2) is 0 Å². The highest BCUT2D eigenvalue weighted by Gasteiger charge is 2.16. The molecule has 0 unspecified atom stereocenters. The lowest BCUT2D eigenvalue weighted by molar-refractivity contribution is 0.669. The Morgan fingerprint density at radius 1 is 0.291 bits per heavy atom. The fourth-order valence-corrected chi connectivity index (χ4v) is 8.09. The molecule has 0 amide bonds. The summed E-state index contributed by atoms with van der Waals surface area (Å²) >= 11 is 0. The molecule has 11 aromatic rings. The molecule has 0 saturated carbocycles. The maximum Gasteiger partial charge on any atom is 0.143 e. The SMILES string of the molecule is c1ccc2cc(-c3ccc(N(c4ccc(-c5ccc6oc7ccccc7c6c5)cc4)c4ccc(-c5cccc6c5oc5ccccc56)cc4)cc3)ccc2c1. The Labute approximate surface area is 317 Å². The molecule has 0 N–H and O–H groups in total. The number of rotatable bonds is 6. The molecule has 0 spiro atoms. The van der Waals surface area contributed by atoms with Crippen LogP contribution in [0.2, 0.25) is 0 Å². The van der Waals surface area contributed by atoms with E-state index in [1.54, 1.807) is 0 Å². The van der Waals surface area contributed by atoms with Gasteiger partial charge in [0.25, 0.3) is 0 Å². The van der Waals surface area contributed by atoms with E-state index in [9.17, 15) is 0 Å². The highest BCUT2D eigenvalue weighted by molar-refractivity contribution is 6.10. The standard InChI is InChI=1S/C52H33NO2/c1-2-9-38-32-39(17-16-34(38)8-1)35-18-25-41(26-19-35)53(42-27-20-36(21-28-42)40-24-31-51-48(33-40)46-11-4-5-14-49(46)54-51)43-29-22-37(23-30-43)44-12-7-13-47-45-10-3-6-15-50(45)55-52(44)47/h1-33H. The van der Waals surface area contributed by atoms with Crippen molar-refractivity contribution in [3.8, 4) is 33.4 Å². The monoisotopic (exact) mass is 703 g/mol. The largest absolute Gasteiger partial charge is 0.456 e. The maximum absolute atomic E-state index is 6.40. The second-order valence-corrected chi connectivity index (χ2v) is 14.1. The van der Waals surface area contributed by atoms with E-state index in [-0.39, 0.29) is 0 Å². The van der Waals surface area contributed by atoms with Crippen LogP contribution in [-0.2, 0) is 0 Å². The quantitative estimate of drug-likeness (QED) is 0.173. The van der Waals surface area contributed by atoms with E-state index in [0.29, 0.717) is 0 Å². The average molecular weight is 704 g/mol. The summed E-state index contributed by atoms with van der Waals surface area (Å²) in [6, 6.07) is 71.1. The second kappa shape index (κ2) is 12.6. The molecule has 0 bridgehead atoms. The molecule has 11 rings (SSSR count). The molecular weight excluding hydrogens is 671 g/mol. The van der Waals surface area contributed by atoms with E-state index in [4.69, 9.17) is 8.83 Å². The normalized spacial score (nSPS) is 11.6. The lowest BCUT2D eigenvalue weighted by Crippen LogP contribution is -2.09. The van der Waals surface area contributed by atoms with Crippen molar-refractivity contribution in [2.45, 2.75) is 0 Å². The molecule has 3 heteroatoms. The first kappa shape index (κ1) is 31.2. The molecule has 258 valence electrons. The number of para-hydroxylation sites is 3. The molecule has 2 aromatic heterocycles. The molecule has 0 fully saturated rings. The van der Waals surface area contributed by atoms with Crippen molar-refractivity contribution in [3.63, 3.8) is 0 Å². The minimum Gasteiger partial charge on any atom is -0.456 e. The van der Waals surface area contributed by atoms with Crippen LogP contribution in [0.15, 0.2) is 209 Å². The Kier molecular flexibility index (Phi) is 7.17. The Bertz CT molecular complexity index is 3190. The zero-order chi connectivity index (χ0) is 36.3. The predicted molar refractivity (Wildman–Crippen MR) is 229 cm³/mol. The van der Waals surface area contributed by atoms with Crippen LogP contribution in [0.25, 0.3) is 88.0 Å². The Hall–Kier alpha value is -7.36. The minimum absolute atomic E-state index is 0.903. The first-order valence-electron chi connectivity index (χ1n) is 18.7. The van der Waals surface area contributed by atoms with Gasteiger partial charge in [0, 0.05) is 44.2 Å². The Morgan fingerprint density at radius 2 is 0.782 bits per heavy atom. The van der Waals surface area contributed by atoms with Gasteiger partial charge in [-0.2, -0.15) is 0 Å². The van der Waals surface area contributed by atoms with Crippen LogP contribution in [0.4, 0.5) is 17.1 Å². The van der Waals surface area contributed by atoms with Gasteiger partial charge < -0.3 is 13.7 Å². The molecule has 0 saturated heterocycles. The first-order valence-corrected chi connectivity index (χ1v) is 18.7. The summed E-state index contributed by atoms with van der Waals surface area (Å²) in [4.78, 5) is 2.33. The third-order valence-corrected chi connectivity index (χ3v) is 10.9. The number of furan rings is 2. The molecule has 0 aliphatic rings. The van der Waals surface area contributed by atoms with Gasteiger partial charge in [-0.05, 0) is 105 Å². The second-order valence-electron chi connectivity index (χ2n) is 14.1. The molecule has 0 aliphatic carbocycles. The van der Waals surface area contributed by atoms with Crippen LogP contribution in [0.1, 0.15) is 0 Å². The van der Waals surface area contributed by atoms with Gasteiger partial charge in [-0.15, -0.1) is 0 Å². The molecule has 55 heavy (non-hydrogen) atoms. The maximum atomic E-state index is 6.40. The molecule has 0 aliphatic heterocycles. The van der Waals surface area contributed by atoms with Gasteiger partial charge in [-0.1, -0.05) is 133 Å². The van der Waals surface area contributed by atoms with Crippen molar-refractivity contribution in [2.24, 2.45) is 0 Å². The number of hydrogen-bond acceptors (Lipinski definition) is 3. The fourth-order valence-electron chi connectivity index (χ4n) is 8.09. The molecule has 0 radical (unpaired) electrons. The van der Waals surface area contributed by atoms with E-state index in [0.717, 1.165) is 83.2 Å². The minimum atomic E-state index is 0.903. The average Bonchev–Trinajstić information content (AvgIpc) is 3.83. The van der Waals surface area contributed by atoms with E-state index >= 15 is 0 Å². The number of fused-ring (bicyclic) bond motifs is 7. The van der Waals surface area contributed by atoms with Crippen molar-refractivity contribution in [1.82, 2.24) is 0 Å². The summed E-state index contributed by atoms with van der Waals surface area (Å²) in [5, 5.41) is 7.01. The molecule has 3 nitrogen and oxygen atoms in total. The van der Waals surface area contributed by atoms with Crippen molar-refractivity contribution in [1.29, 1.82) is 0 Å². The van der Waals surface area contributed by atoms with E-state index < -0.39 is 0 Å². The lowest BCUT2D eigenvalue weighted by atomic mass is 10.00. The van der Waals surface area contributed by atoms with Gasteiger partial charge in [0.2, 0.25) is 0 Å². The lowest BCUT2D eigenvalue weighted by Gasteiger charge is -2.26. The summed E-state index contributed by atoms with van der Waals surface area (Å²) in [6.45, 7) is 0. The van der Waals surface area contributed by atoms with E-state index in [1.165, 1.54) is 21.9 Å². The molecular formula is C52H33NO2. The number of benzene rings is 9. The Balaban J connectivity index is 0.983. The molecule has 9 aromatic carbocycles. The summed E-state index contributed by atoms with van der Waals surface area (Å²) in [5.74, 6) is 0.